The monoisotopic (exact) mass is 454 g/mol. The number of hydrogen-bond acceptors (Lipinski definition) is 7. The Kier molecular flexibility index (Phi) is 7.48. The minimum Gasteiger partial charge on any atom is -0.493 e. The minimum atomic E-state index is -0.504. The van der Waals surface area contributed by atoms with E-state index in [1.54, 1.807) is 28.5 Å². The van der Waals surface area contributed by atoms with Crippen molar-refractivity contribution < 1.29 is 23.8 Å². The number of thiazole rings is 1. The molecular formula is C24H26N2O5S. The molecule has 0 unspecified atom stereocenters. The summed E-state index contributed by atoms with van der Waals surface area (Å²) in [5.74, 6) is 0.364. The fraction of sp³-hybridized carbons (Fsp3) is 0.292. The number of hydrogen-bond donors (Lipinski definition) is 0. The summed E-state index contributed by atoms with van der Waals surface area (Å²) < 4.78 is 16.4. The quantitative estimate of drug-likeness (QED) is 0.431. The summed E-state index contributed by atoms with van der Waals surface area (Å²) in [6.07, 6.45) is -0.0186. The maximum atomic E-state index is 12.5. The second-order valence-electron chi connectivity index (χ2n) is 7.42. The summed E-state index contributed by atoms with van der Waals surface area (Å²) in [7, 11) is 1.52. The molecule has 0 spiro atoms. The number of ether oxygens (including phenoxy) is 3. The Morgan fingerprint density at radius 3 is 2.56 bits per heavy atom. The lowest BCUT2D eigenvalue weighted by molar-refractivity contribution is -0.115. The summed E-state index contributed by atoms with van der Waals surface area (Å²) in [6.45, 7) is 7.27. The Morgan fingerprint density at radius 2 is 1.91 bits per heavy atom. The number of carbonyl (C=O) groups is 2. The van der Waals surface area contributed by atoms with Gasteiger partial charge in [-0.05, 0) is 56.7 Å². The highest BCUT2D eigenvalue weighted by Gasteiger charge is 2.19. The first-order valence-electron chi connectivity index (χ1n) is 10.1. The zero-order chi connectivity index (χ0) is 23.3. The maximum Gasteiger partial charge on any atom is 0.338 e. The SMILES string of the molecule is COc1cc(C(=O)OCc2csc(N(C(C)=O)c3cccc(C)c3)n2)ccc1OC(C)C. The van der Waals surface area contributed by atoms with E-state index in [0.717, 1.165) is 11.3 Å². The molecule has 0 aliphatic rings. The van der Waals surface area contributed by atoms with Crippen molar-refractivity contribution in [1.82, 2.24) is 4.98 Å². The smallest absolute Gasteiger partial charge is 0.338 e. The number of aromatic nitrogens is 1. The van der Waals surface area contributed by atoms with E-state index in [4.69, 9.17) is 14.2 Å². The van der Waals surface area contributed by atoms with Gasteiger partial charge in [0.05, 0.1) is 30.2 Å². The summed E-state index contributed by atoms with van der Waals surface area (Å²) in [5, 5.41) is 2.29. The lowest BCUT2D eigenvalue weighted by Crippen LogP contribution is -2.22. The van der Waals surface area contributed by atoms with Crippen LogP contribution in [0.2, 0.25) is 0 Å². The summed E-state index contributed by atoms with van der Waals surface area (Å²) in [6, 6.07) is 12.5. The van der Waals surface area contributed by atoms with Gasteiger partial charge in [0.2, 0.25) is 5.91 Å². The van der Waals surface area contributed by atoms with Gasteiger partial charge in [0.1, 0.15) is 6.61 Å². The molecule has 3 rings (SSSR count). The molecule has 0 aliphatic carbocycles. The third-order valence-electron chi connectivity index (χ3n) is 4.42. The van der Waals surface area contributed by atoms with E-state index in [-0.39, 0.29) is 18.6 Å². The summed E-state index contributed by atoms with van der Waals surface area (Å²) >= 11 is 1.31. The van der Waals surface area contributed by atoms with Gasteiger partial charge in [-0.1, -0.05) is 12.1 Å². The van der Waals surface area contributed by atoms with Crippen molar-refractivity contribution in [1.29, 1.82) is 0 Å². The van der Waals surface area contributed by atoms with Crippen LogP contribution in [-0.4, -0.2) is 30.1 Å². The molecule has 168 valence electrons. The van der Waals surface area contributed by atoms with Crippen molar-refractivity contribution in [3.05, 3.63) is 64.7 Å². The van der Waals surface area contributed by atoms with E-state index < -0.39 is 5.97 Å². The molecule has 1 amide bonds. The van der Waals surface area contributed by atoms with E-state index in [2.05, 4.69) is 4.98 Å². The zero-order valence-corrected chi connectivity index (χ0v) is 19.6. The molecule has 1 aromatic heterocycles. The van der Waals surface area contributed by atoms with Gasteiger partial charge >= 0.3 is 5.97 Å². The van der Waals surface area contributed by atoms with Crippen molar-refractivity contribution in [3.63, 3.8) is 0 Å². The summed E-state index contributed by atoms with van der Waals surface area (Å²) in [4.78, 5) is 30.8. The first-order valence-corrected chi connectivity index (χ1v) is 11.0. The molecule has 2 aromatic carbocycles. The first kappa shape index (κ1) is 23.3. The molecule has 0 saturated carbocycles. The van der Waals surface area contributed by atoms with E-state index in [9.17, 15) is 9.59 Å². The van der Waals surface area contributed by atoms with Gasteiger partial charge in [0, 0.05) is 12.3 Å². The van der Waals surface area contributed by atoms with Gasteiger partial charge in [0.15, 0.2) is 16.6 Å². The van der Waals surface area contributed by atoms with Crippen molar-refractivity contribution in [2.75, 3.05) is 12.0 Å². The molecular weight excluding hydrogens is 428 g/mol. The molecule has 3 aromatic rings. The van der Waals surface area contributed by atoms with Crippen LogP contribution in [0.25, 0.3) is 0 Å². The third kappa shape index (κ3) is 5.64. The highest BCUT2D eigenvalue weighted by Crippen LogP contribution is 2.31. The van der Waals surface area contributed by atoms with Crippen molar-refractivity contribution in [3.8, 4) is 11.5 Å². The van der Waals surface area contributed by atoms with E-state index in [1.165, 1.54) is 25.4 Å². The largest absolute Gasteiger partial charge is 0.493 e. The van der Waals surface area contributed by atoms with Crippen LogP contribution in [-0.2, 0) is 16.1 Å². The number of anilines is 2. The summed E-state index contributed by atoms with van der Waals surface area (Å²) in [5.41, 5.74) is 2.69. The van der Waals surface area contributed by atoms with E-state index in [0.29, 0.717) is 27.9 Å². The Balaban J connectivity index is 1.70. The molecule has 0 N–H and O–H groups in total. The Labute approximate surface area is 191 Å². The fourth-order valence-corrected chi connectivity index (χ4v) is 3.90. The zero-order valence-electron chi connectivity index (χ0n) is 18.7. The average Bonchev–Trinajstić information content (AvgIpc) is 3.20. The van der Waals surface area contributed by atoms with Crippen molar-refractivity contribution >= 4 is 34.0 Å². The Bertz CT molecular complexity index is 1110. The lowest BCUT2D eigenvalue weighted by Gasteiger charge is -2.18. The van der Waals surface area contributed by atoms with E-state index >= 15 is 0 Å². The van der Waals surface area contributed by atoms with Crippen LogP contribution in [0.4, 0.5) is 10.8 Å². The van der Waals surface area contributed by atoms with Crippen LogP contribution in [0.3, 0.4) is 0 Å². The molecule has 0 aliphatic heterocycles. The third-order valence-corrected chi connectivity index (χ3v) is 5.29. The molecule has 0 saturated heterocycles. The van der Waals surface area contributed by atoms with Gasteiger partial charge in [0.25, 0.3) is 0 Å². The number of methoxy groups -OCH3 is 1. The molecule has 0 radical (unpaired) electrons. The molecule has 0 atom stereocenters. The Morgan fingerprint density at radius 1 is 1.12 bits per heavy atom. The topological polar surface area (TPSA) is 78.0 Å². The van der Waals surface area contributed by atoms with Gasteiger partial charge in [-0.3, -0.25) is 9.69 Å². The number of aryl methyl sites for hydroxylation is 1. The van der Waals surface area contributed by atoms with Crippen LogP contribution >= 0.6 is 11.3 Å². The minimum absolute atomic E-state index is 0.0124. The van der Waals surface area contributed by atoms with Crippen molar-refractivity contribution in [2.45, 2.75) is 40.4 Å². The molecule has 0 fully saturated rings. The number of amides is 1. The number of carbonyl (C=O) groups excluding carboxylic acids is 2. The van der Waals surface area contributed by atoms with Crippen LogP contribution < -0.4 is 14.4 Å². The molecule has 1 heterocycles. The number of benzene rings is 2. The van der Waals surface area contributed by atoms with E-state index in [1.807, 2.05) is 45.0 Å². The van der Waals surface area contributed by atoms with Crippen molar-refractivity contribution in [2.24, 2.45) is 0 Å². The Hall–Kier alpha value is -3.39. The molecule has 8 heteroatoms. The maximum absolute atomic E-state index is 12.5. The predicted molar refractivity (Wildman–Crippen MR) is 124 cm³/mol. The number of nitrogens with zero attached hydrogens (tertiary/aromatic N) is 2. The molecule has 32 heavy (non-hydrogen) atoms. The first-order chi connectivity index (χ1) is 15.3. The normalized spacial score (nSPS) is 10.7. The molecule has 7 nitrogen and oxygen atoms in total. The lowest BCUT2D eigenvalue weighted by atomic mass is 10.2. The number of esters is 1. The van der Waals surface area contributed by atoms with Crippen LogP contribution in [0.5, 0.6) is 11.5 Å². The highest BCUT2D eigenvalue weighted by atomic mass is 32.1. The van der Waals surface area contributed by atoms with Gasteiger partial charge < -0.3 is 14.2 Å². The van der Waals surface area contributed by atoms with Crippen LogP contribution in [0.15, 0.2) is 47.8 Å². The van der Waals surface area contributed by atoms with Gasteiger partial charge in [-0.25, -0.2) is 9.78 Å². The standard InChI is InChI=1S/C24H26N2O5S/c1-15(2)31-21-10-9-18(12-22(21)29-5)23(28)30-13-19-14-32-24(25-19)26(17(4)27)20-8-6-7-16(3)11-20/h6-12,14-15H,13H2,1-5H3. The van der Waals surface area contributed by atoms with Crippen LogP contribution in [0, 0.1) is 6.92 Å². The van der Waals surface area contributed by atoms with Gasteiger partial charge in [-0.15, -0.1) is 11.3 Å². The van der Waals surface area contributed by atoms with Gasteiger partial charge in [-0.2, -0.15) is 0 Å². The average molecular weight is 455 g/mol. The second kappa shape index (κ2) is 10.3. The second-order valence-corrected chi connectivity index (χ2v) is 8.26. The molecule has 0 bridgehead atoms. The number of rotatable bonds is 8. The van der Waals surface area contributed by atoms with Crippen LogP contribution in [0.1, 0.15) is 42.4 Å². The highest BCUT2D eigenvalue weighted by molar-refractivity contribution is 7.14. The fourth-order valence-electron chi connectivity index (χ4n) is 3.03. The predicted octanol–water partition coefficient (Wildman–Crippen LogP) is 5.29.